The molecule has 41 heavy (non-hydrogen) atoms. The van der Waals surface area contributed by atoms with Gasteiger partial charge in [-0.05, 0) is 31.9 Å². The maximum Gasteiger partial charge on any atom is 0.389 e. The maximum absolute atomic E-state index is 13.3. The number of benzene rings is 2. The number of amides is 3. The summed E-state index contributed by atoms with van der Waals surface area (Å²) in [5, 5.41) is 4.82. The third kappa shape index (κ3) is 8.44. The van der Waals surface area contributed by atoms with Gasteiger partial charge >= 0.3 is 12.4 Å². The Balaban J connectivity index is 2.04. The van der Waals surface area contributed by atoms with Gasteiger partial charge in [0.05, 0.1) is 18.5 Å². The quantitative estimate of drug-likeness (QED) is 0.351. The minimum absolute atomic E-state index is 0.214. The zero-order valence-corrected chi connectivity index (χ0v) is 22.0. The van der Waals surface area contributed by atoms with Crippen LogP contribution >= 0.6 is 0 Å². The number of anilines is 1. The fourth-order valence-electron chi connectivity index (χ4n) is 4.53. The molecule has 3 rings (SSSR count). The fraction of sp³-hybridized carbons (Fsp3) is 0.407. The first kappa shape index (κ1) is 31.4. The lowest BCUT2D eigenvalue weighted by molar-refractivity contribution is -0.152. The van der Waals surface area contributed by atoms with E-state index in [1.165, 1.54) is 7.11 Å². The molecule has 3 amide bonds. The van der Waals surface area contributed by atoms with Crippen molar-refractivity contribution in [2.75, 3.05) is 12.4 Å². The number of nitrogens with zero attached hydrogens (tertiary/aromatic N) is 1. The predicted molar refractivity (Wildman–Crippen MR) is 137 cm³/mol. The fourth-order valence-corrected chi connectivity index (χ4v) is 4.53. The first-order valence-electron chi connectivity index (χ1n) is 12.5. The number of hydrogen-bond donors (Lipinski definition) is 3. The summed E-state index contributed by atoms with van der Waals surface area (Å²) in [6, 6.07) is 11.8. The number of para-hydroxylation sites is 1. The number of alkyl halides is 6. The number of rotatable bonds is 10. The number of benzodiazepines with no additional fused rings is 1. The van der Waals surface area contributed by atoms with Crippen molar-refractivity contribution in [1.29, 1.82) is 0 Å². The van der Waals surface area contributed by atoms with E-state index in [4.69, 9.17) is 10.5 Å². The Bertz CT molecular complexity index is 1330. The Hall–Kier alpha value is -4.10. The topological polar surface area (TPSA) is 123 Å². The van der Waals surface area contributed by atoms with Crippen LogP contribution in [0.2, 0.25) is 0 Å². The van der Waals surface area contributed by atoms with Gasteiger partial charge in [-0.2, -0.15) is 26.3 Å². The molecule has 2 aromatic carbocycles. The van der Waals surface area contributed by atoms with Crippen LogP contribution in [0.5, 0.6) is 5.75 Å². The molecule has 0 saturated heterocycles. The molecule has 2 aromatic rings. The van der Waals surface area contributed by atoms with E-state index in [2.05, 4.69) is 15.6 Å². The van der Waals surface area contributed by atoms with Gasteiger partial charge in [-0.3, -0.25) is 14.4 Å². The third-order valence-electron chi connectivity index (χ3n) is 6.49. The van der Waals surface area contributed by atoms with Crippen LogP contribution in [0.1, 0.15) is 42.4 Å². The molecule has 1 aliphatic rings. The number of carbonyl (C=O) groups is 3. The van der Waals surface area contributed by atoms with Crippen molar-refractivity contribution in [3.05, 3.63) is 59.2 Å². The molecule has 0 fully saturated rings. The van der Waals surface area contributed by atoms with Crippen LogP contribution in [-0.4, -0.2) is 49.1 Å². The molecule has 0 spiro atoms. The molecule has 0 aromatic heterocycles. The summed E-state index contributed by atoms with van der Waals surface area (Å²) in [4.78, 5) is 43.0. The van der Waals surface area contributed by atoms with Gasteiger partial charge in [0.25, 0.3) is 5.91 Å². The zero-order chi connectivity index (χ0) is 30.5. The van der Waals surface area contributed by atoms with Crippen molar-refractivity contribution in [1.82, 2.24) is 5.32 Å². The molecule has 0 saturated carbocycles. The monoisotopic (exact) mass is 586 g/mol. The molecule has 1 aliphatic heterocycles. The van der Waals surface area contributed by atoms with Gasteiger partial charge < -0.3 is 21.1 Å². The Morgan fingerprint density at radius 1 is 1.02 bits per heavy atom. The highest BCUT2D eigenvalue weighted by molar-refractivity contribution is 6.20. The van der Waals surface area contributed by atoms with E-state index in [1.807, 2.05) is 13.0 Å². The normalized spacial score (nSPS) is 16.9. The molecular weight excluding hydrogens is 558 g/mol. The number of primary amides is 1. The van der Waals surface area contributed by atoms with E-state index in [-0.39, 0.29) is 17.1 Å². The summed E-state index contributed by atoms with van der Waals surface area (Å²) in [6.45, 7) is 1.81. The molecule has 14 heteroatoms. The molecule has 0 unspecified atom stereocenters. The summed E-state index contributed by atoms with van der Waals surface area (Å²) in [5.74, 6) is -7.08. The van der Waals surface area contributed by atoms with Crippen LogP contribution in [0.25, 0.3) is 0 Å². The minimum atomic E-state index is -4.78. The number of nitrogens with one attached hydrogen (secondary N) is 2. The van der Waals surface area contributed by atoms with E-state index in [0.717, 1.165) is 5.56 Å². The van der Waals surface area contributed by atoms with Gasteiger partial charge in [-0.25, -0.2) is 4.99 Å². The number of nitrogens with two attached hydrogens (primary N) is 1. The van der Waals surface area contributed by atoms with Crippen LogP contribution in [0.15, 0.2) is 47.5 Å². The third-order valence-corrected chi connectivity index (χ3v) is 6.49. The summed E-state index contributed by atoms with van der Waals surface area (Å²) >= 11 is 0. The number of halogens is 6. The lowest BCUT2D eigenvalue weighted by atomic mass is 9.83. The molecule has 3 atom stereocenters. The average Bonchev–Trinajstić information content (AvgIpc) is 3.00. The Kier molecular flexibility index (Phi) is 9.66. The van der Waals surface area contributed by atoms with Gasteiger partial charge in [0.1, 0.15) is 5.75 Å². The van der Waals surface area contributed by atoms with Crippen molar-refractivity contribution in [3.8, 4) is 5.75 Å². The van der Waals surface area contributed by atoms with Crippen molar-refractivity contribution in [3.63, 3.8) is 0 Å². The number of fused-ring (bicyclic) bond motifs is 1. The highest BCUT2D eigenvalue weighted by Crippen LogP contribution is 2.34. The highest BCUT2D eigenvalue weighted by atomic mass is 19.4. The number of carbonyl (C=O) groups excluding carboxylic acids is 3. The summed E-state index contributed by atoms with van der Waals surface area (Å²) in [7, 11) is 1.37. The number of ether oxygens (including phenoxy) is 1. The highest BCUT2D eigenvalue weighted by Gasteiger charge is 2.40. The van der Waals surface area contributed by atoms with E-state index >= 15 is 0 Å². The summed E-state index contributed by atoms with van der Waals surface area (Å²) in [6.07, 6.45) is -16.4. The number of aryl methyl sites for hydroxylation is 1. The van der Waals surface area contributed by atoms with Crippen LogP contribution in [-0.2, 0) is 14.4 Å². The van der Waals surface area contributed by atoms with Gasteiger partial charge in [0.2, 0.25) is 18.0 Å². The number of aliphatic imine (C=N–C) groups is 1. The van der Waals surface area contributed by atoms with Crippen molar-refractivity contribution in [2.24, 2.45) is 22.6 Å². The summed E-state index contributed by atoms with van der Waals surface area (Å²) < 4.78 is 83.2. The molecule has 0 bridgehead atoms. The molecule has 222 valence electrons. The van der Waals surface area contributed by atoms with Crippen molar-refractivity contribution >= 4 is 29.1 Å². The standard InChI is InChI=1S/C27H28F6N4O4/c1-14-5-3-6-15(13-14)20-18-7-4-8-19(41-2)21(18)36-25(40)23(35-20)37-24(39)17(10-12-27(31,32)33)16(22(34)38)9-11-26(28,29)30/h3-8,13,16-17,23H,9-12H2,1-2H3,(H2,34,38)(H,36,40)(H,37,39)/t16-,17+,23-/m1/s1. The first-order chi connectivity index (χ1) is 19.1. The smallest absolute Gasteiger partial charge is 0.389 e. The lowest BCUT2D eigenvalue weighted by Gasteiger charge is -2.26. The molecule has 0 radical (unpaired) electrons. The SMILES string of the molecule is COc1cccc2c1NC(=O)[C@@H](NC(=O)[C@@H](CCC(F)(F)F)[C@@H](CCC(F)(F)F)C(N)=O)N=C2c1cccc(C)c1. The van der Waals surface area contributed by atoms with Gasteiger partial charge in [-0.15, -0.1) is 0 Å². The molecular formula is C27H28F6N4O4. The van der Waals surface area contributed by atoms with Crippen molar-refractivity contribution < 1.29 is 45.5 Å². The second kappa shape index (κ2) is 12.6. The number of hydrogen-bond acceptors (Lipinski definition) is 5. The van der Waals surface area contributed by atoms with Crippen molar-refractivity contribution in [2.45, 2.75) is 51.1 Å². The largest absolute Gasteiger partial charge is 0.495 e. The number of methoxy groups -OCH3 is 1. The molecule has 8 nitrogen and oxygen atoms in total. The zero-order valence-electron chi connectivity index (χ0n) is 22.0. The predicted octanol–water partition coefficient (Wildman–Crippen LogP) is 4.64. The lowest BCUT2D eigenvalue weighted by Crippen LogP contribution is -2.48. The Morgan fingerprint density at radius 3 is 2.20 bits per heavy atom. The van der Waals surface area contributed by atoms with Crippen LogP contribution in [0, 0.1) is 18.8 Å². The average molecular weight is 587 g/mol. The van der Waals surface area contributed by atoms with E-state index in [9.17, 15) is 40.7 Å². The first-order valence-corrected chi connectivity index (χ1v) is 12.5. The van der Waals surface area contributed by atoms with E-state index in [1.54, 1.807) is 36.4 Å². The van der Waals surface area contributed by atoms with Gasteiger partial charge in [-0.1, -0.05) is 35.9 Å². The Labute approximate surface area is 231 Å². The summed E-state index contributed by atoms with van der Waals surface area (Å²) in [5.41, 5.74) is 7.46. The second-order valence-corrected chi connectivity index (χ2v) is 9.55. The van der Waals surface area contributed by atoms with Crippen LogP contribution in [0.3, 0.4) is 0 Å². The van der Waals surface area contributed by atoms with Crippen LogP contribution in [0.4, 0.5) is 32.0 Å². The Morgan fingerprint density at radius 2 is 1.63 bits per heavy atom. The van der Waals surface area contributed by atoms with Gasteiger partial charge in [0, 0.05) is 35.8 Å². The van der Waals surface area contributed by atoms with E-state index < -0.39 is 73.8 Å². The molecule has 0 aliphatic carbocycles. The van der Waals surface area contributed by atoms with Gasteiger partial charge in [0.15, 0.2) is 0 Å². The maximum atomic E-state index is 13.3. The molecule has 1 heterocycles. The van der Waals surface area contributed by atoms with Crippen LogP contribution < -0.4 is 21.1 Å². The second-order valence-electron chi connectivity index (χ2n) is 9.55. The van der Waals surface area contributed by atoms with E-state index in [0.29, 0.717) is 11.1 Å². The molecule has 4 N–H and O–H groups in total. The minimum Gasteiger partial charge on any atom is -0.495 e.